The topological polar surface area (TPSA) is 216 Å². The first kappa shape index (κ1) is 41.8. The van der Waals surface area contributed by atoms with Gasteiger partial charge in [-0.25, -0.2) is 14.5 Å². The number of anilines is 1. The predicted octanol–water partition coefficient (Wildman–Crippen LogP) is 5.33. The van der Waals surface area contributed by atoms with E-state index in [0.717, 1.165) is 29.5 Å². The van der Waals surface area contributed by atoms with E-state index in [4.69, 9.17) is 25.1 Å². The minimum Gasteiger partial charge on any atom is -0.494 e. The van der Waals surface area contributed by atoms with E-state index in [2.05, 4.69) is 30.9 Å². The first-order valence-corrected chi connectivity index (χ1v) is 17.3. The number of methoxy groups -OCH3 is 1. The predicted molar refractivity (Wildman–Crippen MR) is 193 cm³/mol. The number of halogens is 3. The normalized spacial score (nSPS) is 16.1. The van der Waals surface area contributed by atoms with Gasteiger partial charge in [0.2, 0.25) is 11.7 Å². The third-order valence-electron chi connectivity index (χ3n) is 8.58. The number of aromatic amines is 1. The molecule has 0 saturated heterocycles. The number of pyridine rings is 1. The molecule has 0 aliphatic heterocycles. The van der Waals surface area contributed by atoms with Gasteiger partial charge in [-0.05, 0) is 105 Å². The summed E-state index contributed by atoms with van der Waals surface area (Å²) in [6.07, 6.45) is 0.679. The van der Waals surface area contributed by atoms with E-state index in [9.17, 15) is 27.6 Å². The fourth-order valence-electron chi connectivity index (χ4n) is 5.85. The Kier molecular flexibility index (Phi) is 14.0. The van der Waals surface area contributed by atoms with Gasteiger partial charge in [-0.1, -0.05) is 24.3 Å². The van der Waals surface area contributed by atoms with Crippen molar-refractivity contribution >= 4 is 29.6 Å². The van der Waals surface area contributed by atoms with Crippen molar-refractivity contribution in [2.75, 3.05) is 18.6 Å². The van der Waals surface area contributed by atoms with Crippen molar-refractivity contribution in [1.29, 1.82) is 0 Å². The molecular formula is C37H43F3N8O7. The molecule has 55 heavy (non-hydrogen) atoms. The molecule has 2 aromatic heterocycles. The molecular weight excluding hydrogens is 725 g/mol. The van der Waals surface area contributed by atoms with E-state index in [1.165, 1.54) is 4.90 Å². The molecule has 1 fully saturated rings. The molecule has 0 unspecified atom stereocenters. The Morgan fingerprint density at radius 3 is 2.15 bits per heavy atom. The number of H-pyrrole nitrogens is 1. The SMILES string of the molecule is COc1cnccc1-c1ccc(C[C@H](N)C(=O)N(c2ccc(-c3nn[nH]n3)cc2)C(=O)[C@H]2CC[C@H](CNC(=O)OC(C)(C)C)CC2)cc1.O=C(O)C(F)(F)F. The zero-order valence-corrected chi connectivity index (χ0v) is 30.7. The van der Waals surface area contributed by atoms with Crippen LogP contribution in [0.5, 0.6) is 5.75 Å². The molecule has 0 spiro atoms. The van der Waals surface area contributed by atoms with E-state index in [1.807, 2.05) is 51.1 Å². The van der Waals surface area contributed by atoms with E-state index in [0.29, 0.717) is 42.2 Å². The van der Waals surface area contributed by atoms with Crippen LogP contribution in [0.25, 0.3) is 22.5 Å². The molecule has 5 rings (SSSR count). The highest BCUT2D eigenvalue weighted by Crippen LogP contribution is 2.33. The Bertz CT molecular complexity index is 1890. The van der Waals surface area contributed by atoms with Crippen molar-refractivity contribution in [3.05, 3.63) is 72.6 Å². The number of carbonyl (C=O) groups excluding carboxylic acids is 3. The molecule has 294 valence electrons. The smallest absolute Gasteiger partial charge is 0.490 e. The summed E-state index contributed by atoms with van der Waals surface area (Å²) < 4.78 is 42.5. The summed E-state index contributed by atoms with van der Waals surface area (Å²) in [5, 5.41) is 24.0. The highest BCUT2D eigenvalue weighted by Gasteiger charge is 2.38. The van der Waals surface area contributed by atoms with Crippen LogP contribution in [0.4, 0.5) is 23.7 Å². The summed E-state index contributed by atoms with van der Waals surface area (Å²) >= 11 is 0. The van der Waals surface area contributed by atoms with Crippen LogP contribution in [-0.4, -0.2) is 86.1 Å². The van der Waals surface area contributed by atoms with Crippen LogP contribution in [0.3, 0.4) is 0 Å². The van der Waals surface area contributed by atoms with Gasteiger partial charge < -0.3 is 25.6 Å². The number of carbonyl (C=O) groups is 4. The molecule has 15 nitrogen and oxygen atoms in total. The standard InChI is InChI=1S/C35H42N8O5.C2HF3O2/c1-35(2,3)48-34(46)38-20-23-7-11-26(12-8-23)32(44)43(27-15-13-25(14-16-27)31-39-41-42-40-31)33(45)29(36)19-22-5-9-24(10-6-22)28-17-18-37-21-30(28)47-4;3-2(4,5)1(6)7/h5-6,9-10,13-18,21,23,26,29H,7-8,11-12,19-20,36H2,1-4H3,(H,38,46)(H,39,40,41,42);(H,6,7)/t23-,26-,29-;/m0./s1. The van der Waals surface area contributed by atoms with Crippen molar-refractivity contribution in [2.45, 2.75) is 70.7 Å². The first-order valence-electron chi connectivity index (χ1n) is 17.3. The number of nitrogens with zero attached hydrogens (tertiary/aromatic N) is 5. The van der Waals surface area contributed by atoms with Gasteiger partial charge in [0.25, 0.3) is 5.91 Å². The Hall–Kier alpha value is -5.91. The Morgan fingerprint density at radius 2 is 1.60 bits per heavy atom. The van der Waals surface area contributed by atoms with Crippen molar-refractivity contribution < 1.29 is 46.9 Å². The number of ether oxygens (including phenoxy) is 2. The molecule has 1 saturated carbocycles. The van der Waals surface area contributed by atoms with E-state index >= 15 is 0 Å². The maximum absolute atomic E-state index is 14.1. The second kappa shape index (κ2) is 18.4. The van der Waals surface area contributed by atoms with Gasteiger partial charge in [-0.15, -0.1) is 10.2 Å². The number of carboxylic acids is 1. The van der Waals surface area contributed by atoms with Gasteiger partial charge in [-0.3, -0.25) is 14.6 Å². The van der Waals surface area contributed by atoms with Gasteiger partial charge in [0.05, 0.1) is 25.0 Å². The third kappa shape index (κ3) is 12.0. The lowest BCUT2D eigenvalue weighted by Gasteiger charge is -2.32. The molecule has 1 aliphatic rings. The number of amides is 3. The van der Waals surface area contributed by atoms with Crippen LogP contribution in [-0.2, 0) is 25.5 Å². The van der Waals surface area contributed by atoms with Gasteiger partial charge in [0.15, 0.2) is 0 Å². The van der Waals surface area contributed by atoms with E-state index in [-0.39, 0.29) is 24.2 Å². The summed E-state index contributed by atoms with van der Waals surface area (Å²) in [6.45, 7) is 5.92. The molecule has 3 amide bonds. The maximum atomic E-state index is 14.1. The molecule has 4 aromatic rings. The van der Waals surface area contributed by atoms with Crippen LogP contribution < -0.4 is 20.7 Å². The lowest BCUT2D eigenvalue weighted by molar-refractivity contribution is -0.192. The average molecular weight is 769 g/mol. The largest absolute Gasteiger partial charge is 0.494 e. The monoisotopic (exact) mass is 768 g/mol. The molecule has 5 N–H and O–H groups in total. The molecule has 2 heterocycles. The second-order valence-electron chi connectivity index (χ2n) is 13.8. The number of nitrogens with two attached hydrogens (primary N) is 1. The number of aromatic nitrogens is 5. The van der Waals surface area contributed by atoms with Crippen molar-refractivity contribution in [3.8, 4) is 28.3 Å². The molecule has 1 atom stereocenters. The number of tetrazole rings is 1. The van der Waals surface area contributed by atoms with Gasteiger partial charge in [0.1, 0.15) is 11.4 Å². The summed E-state index contributed by atoms with van der Waals surface area (Å²) in [4.78, 5) is 54.5. The van der Waals surface area contributed by atoms with Gasteiger partial charge in [0, 0.05) is 29.8 Å². The average Bonchev–Trinajstić information content (AvgIpc) is 3.69. The van der Waals surface area contributed by atoms with E-state index < -0.39 is 35.8 Å². The Balaban J connectivity index is 0.000000876. The number of carboxylic acid groups (broad SMARTS) is 1. The van der Waals surface area contributed by atoms with Crippen LogP contribution in [0, 0.1) is 11.8 Å². The van der Waals surface area contributed by atoms with Crippen molar-refractivity contribution in [1.82, 2.24) is 30.9 Å². The van der Waals surface area contributed by atoms with Crippen molar-refractivity contribution in [2.24, 2.45) is 17.6 Å². The fraction of sp³-hybridized carbons (Fsp3) is 0.405. The molecule has 1 aliphatic carbocycles. The Labute approximate surface area is 314 Å². The number of nitrogens with one attached hydrogen (secondary N) is 2. The molecule has 2 aromatic carbocycles. The minimum absolute atomic E-state index is 0.206. The highest BCUT2D eigenvalue weighted by molar-refractivity contribution is 6.17. The number of alkyl carbamates (subject to hydrolysis) is 1. The maximum Gasteiger partial charge on any atom is 0.490 e. The number of alkyl halides is 3. The summed E-state index contributed by atoms with van der Waals surface area (Å²) in [7, 11) is 1.60. The molecule has 0 bridgehead atoms. The third-order valence-corrected chi connectivity index (χ3v) is 8.58. The second-order valence-corrected chi connectivity index (χ2v) is 13.8. The number of hydrogen-bond acceptors (Lipinski definition) is 11. The van der Waals surface area contributed by atoms with Gasteiger partial charge in [-0.2, -0.15) is 18.4 Å². The lowest BCUT2D eigenvalue weighted by atomic mass is 9.81. The van der Waals surface area contributed by atoms with Crippen LogP contribution in [0.2, 0.25) is 0 Å². The zero-order valence-electron chi connectivity index (χ0n) is 30.7. The van der Waals surface area contributed by atoms with E-state index in [1.54, 1.807) is 43.8 Å². The number of benzene rings is 2. The first-order chi connectivity index (χ1) is 26.0. The minimum atomic E-state index is -5.08. The zero-order chi connectivity index (χ0) is 40.3. The highest BCUT2D eigenvalue weighted by atomic mass is 19.4. The summed E-state index contributed by atoms with van der Waals surface area (Å²) in [5.41, 5.74) is 9.75. The fourth-order valence-corrected chi connectivity index (χ4v) is 5.85. The van der Waals surface area contributed by atoms with Crippen LogP contribution in [0.15, 0.2) is 67.0 Å². The van der Waals surface area contributed by atoms with Gasteiger partial charge >= 0.3 is 18.2 Å². The van der Waals surface area contributed by atoms with Crippen molar-refractivity contribution in [3.63, 3.8) is 0 Å². The molecule has 18 heteroatoms. The number of aliphatic carboxylic acids is 1. The van der Waals surface area contributed by atoms with Crippen LogP contribution >= 0.6 is 0 Å². The summed E-state index contributed by atoms with van der Waals surface area (Å²) in [6, 6.07) is 15.5. The molecule has 0 radical (unpaired) electrons. The van der Waals surface area contributed by atoms with Crippen LogP contribution in [0.1, 0.15) is 52.0 Å². The lowest BCUT2D eigenvalue weighted by Crippen LogP contribution is -2.50. The number of rotatable bonds is 10. The number of hydrogen-bond donors (Lipinski definition) is 4. The number of imide groups is 1. The summed E-state index contributed by atoms with van der Waals surface area (Å²) in [5.74, 6) is -2.64. The Morgan fingerprint density at radius 1 is 0.982 bits per heavy atom. The quantitative estimate of drug-likeness (QED) is 0.161.